The molecule has 102 valence electrons. The first-order chi connectivity index (χ1) is 8.68. The molecule has 0 atom stereocenters. The van der Waals surface area contributed by atoms with Crippen molar-refractivity contribution in [3.63, 3.8) is 0 Å². The van der Waals surface area contributed by atoms with E-state index in [2.05, 4.69) is 0 Å². The zero-order chi connectivity index (χ0) is 14.4. The van der Waals surface area contributed by atoms with Crippen LogP contribution in [0.15, 0.2) is 12.1 Å². The third kappa shape index (κ3) is 2.42. The Kier molecular flexibility index (Phi) is 3.50. The molecule has 1 aromatic carbocycles. The van der Waals surface area contributed by atoms with Gasteiger partial charge in [-0.25, -0.2) is 4.39 Å². The molecule has 0 radical (unpaired) electrons. The summed E-state index contributed by atoms with van der Waals surface area (Å²) >= 11 is 6.02. The van der Waals surface area contributed by atoms with E-state index in [0.717, 1.165) is 6.07 Å². The van der Waals surface area contributed by atoms with Crippen LogP contribution in [0.1, 0.15) is 38.1 Å². The minimum Gasteiger partial charge on any atom is -0.399 e. The van der Waals surface area contributed by atoms with E-state index in [-0.39, 0.29) is 16.0 Å². The normalized spacial score (nSPS) is 20.6. The van der Waals surface area contributed by atoms with Crippen molar-refractivity contribution in [1.82, 2.24) is 0 Å². The third-order valence-electron chi connectivity index (χ3n) is 3.73. The van der Waals surface area contributed by atoms with E-state index in [1.54, 1.807) is 0 Å². The van der Waals surface area contributed by atoms with Crippen LogP contribution in [-0.4, -0.2) is 24.6 Å². The number of carbonyl (C=O) groups is 1. The first-order valence-electron chi connectivity index (χ1n) is 5.98. The fourth-order valence-corrected chi connectivity index (χ4v) is 2.16. The maximum absolute atomic E-state index is 14.1. The quantitative estimate of drug-likeness (QED) is 0.618. The lowest BCUT2D eigenvalue weighted by Gasteiger charge is -2.32. The fourth-order valence-electron chi connectivity index (χ4n) is 1.86. The Bertz CT molecular complexity index is 492. The van der Waals surface area contributed by atoms with E-state index in [4.69, 9.17) is 20.9 Å². The Balaban J connectivity index is 2.43. The van der Waals surface area contributed by atoms with Crippen LogP contribution in [0, 0.1) is 5.82 Å². The molecule has 0 unspecified atom stereocenters. The predicted octanol–water partition coefficient (Wildman–Crippen LogP) is 2.59. The minimum atomic E-state index is -0.877. The van der Waals surface area contributed by atoms with Gasteiger partial charge in [0, 0.05) is 16.0 Å². The van der Waals surface area contributed by atoms with E-state index in [1.807, 2.05) is 27.7 Å². The average molecular weight is 285 g/mol. The fraction of sp³-hybridized carbons (Fsp3) is 0.462. The van der Waals surface area contributed by atoms with Crippen LogP contribution in [0.2, 0.25) is 5.02 Å². The topological polar surface area (TPSA) is 35.5 Å². The third-order valence-corrected chi connectivity index (χ3v) is 4.04. The van der Waals surface area contributed by atoms with Crippen molar-refractivity contribution in [2.45, 2.75) is 38.9 Å². The van der Waals surface area contributed by atoms with Crippen LogP contribution >= 0.6 is 11.6 Å². The van der Waals surface area contributed by atoms with Crippen molar-refractivity contribution in [3.05, 3.63) is 28.5 Å². The van der Waals surface area contributed by atoms with Gasteiger partial charge >= 0.3 is 7.12 Å². The molecule has 6 heteroatoms. The molecule has 1 aromatic rings. The molecule has 1 aliphatic heterocycles. The molecule has 0 aliphatic carbocycles. The van der Waals surface area contributed by atoms with Gasteiger partial charge < -0.3 is 9.31 Å². The van der Waals surface area contributed by atoms with Crippen LogP contribution in [-0.2, 0) is 9.31 Å². The van der Waals surface area contributed by atoms with Gasteiger partial charge in [-0.1, -0.05) is 11.6 Å². The molecule has 19 heavy (non-hydrogen) atoms. The van der Waals surface area contributed by atoms with Gasteiger partial charge in [0.25, 0.3) is 0 Å². The largest absolute Gasteiger partial charge is 0.499 e. The van der Waals surface area contributed by atoms with Gasteiger partial charge in [-0.05, 0) is 39.8 Å². The first-order valence-corrected chi connectivity index (χ1v) is 6.35. The Hall–Kier alpha value is -0.905. The van der Waals surface area contributed by atoms with Crippen molar-refractivity contribution < 1.29 is 18.5 Å². The minimum absolute atomic E-state index is 0.126. The van der Waals surface area contributed by atoms with Gasteiger partial charge in [0.1, 0.15) is 12.1 Å². The molecule has 0 aromatic heterocycles. The molecule has 0 bridgehead atoms. The lowest BCUT2D eigenvalue weighted by Crippen LogP contribution is -2.41. The van der Waals surface area contributed by atoms with Crippen LogP contribution in [0.25, 0.3) is 0 Å². The van der Waals surface area contributed by atoms with Gasteiger partial charge in [-0.2, -0.15) is 0 Å². The summed E-state index contributed by atoms with van der Waals surface area (Å²) in [5.74, 6) is -0.604. The van der Waals surface area contributed by atoms with Gasteiger partial charge in [0.2, 0.25) is 0 Å². The Morgan fingerprint density at radius 2 is 1.74 bits per heavy atom. The summed E-state index contributed by atoms with van der Waals surface area (Å²) in [6.07, 6.45) is 0.545. The van der Waals surface area contributed by atoms with Gasteiger partial charge in [0.15, 0.2) is 0 Å². The summed E-state index contributed by atoms with van der Waals surface area (Å²) in [5.41, 5.74) is -0.832. The van der Waals surface area contributed by atoms with Crippen LogP contribution in [0.5, 0.6) is 0 Å². The van der Waals surface area contributed by atoms with Crippen molar-refractivity contribution in [2.24, 2.45) is 0 Å². The van der Waals surface area contributed by atoms with Gasteiger partial charge in [-0.15, -0.1) is 0 Å². The van der Waals surface area contributed by atoms with Crippen LogP contribution < -0.4 is 5.46 Å². The first kappa shape index (κ1) is 14.5. The molecule has 0 saturated carbocycles. The molecule has 1 aliphatic rings. The average Bonchev–Trinajstić information content (AvgIpc) is 2.46. The maximum Gasteiger partial charge on any atom is 0.499 e. The summed E-state index contributed by atoms with van der Waals surface area (Å²) in [7, 11) is -0.877. The summed E-state index contributed by atoms with van der Waals surface area (Å²) in [4.78, 5) is 10.7. The molecular weight excluding hydrogens is 269 g/mol. The second-order valence-electron chi connectivity index (χ2n) is 5.60. The molecule has 1 heterocycles. The van der Waals surface area contributed by atoms with Crippen LogP contribution in [0.3, 0.4) is 0 Å². The number of aldehydes is 1. The highest BCUT2D eigenvalue weighted by Crippen LogP contribution is 2.37. The van der Waals surface area contributed by atoms with E-state index < -0.39 is 24.1 Å². The van der Waals surface area contributed by atoms with E-state index >= 15 is 0 Å². The number of halogens is 2. The zero-order valence-corrected chi connectivity index (χ0v) is 12.0. The smallest absolute Gasteiger partial charge is 0.399 e. The highest BCUT2D eigenvalue weighted by Gasteiger charge is 2.53. The maximum atomic E-state index is 14.1. The summed E-state index contributed by atoms with van der Waals surface area (Å²) < 4.78 is 25.6. The molecule has 2 rings (SSSR count). The zero-order valence-electron chi connectivity index (χ0n) is 11.3. The monoisotopic (exact) mass is 284 g/mol. The molecular formula is C13H15BClFO3. The number of carbonyl (C=O) groups excluding carboxylic acids is 1. The van der Waals surface area contributed by atoms with Crippen molar-refractivity contribution in [1.29, 1.82) is 0 Å². The Labute approximate surface area is 117 Å². The molecule has 1 fully saturated rings. The highest BCUT2D eigenvalue weighted by molar-refractivity contribution is 6.65. The second kappa shape index (κ2) is 4.58. The van der Waals surface area contributed by atoms with Gasteiger partial charge in [-0.3, -0.25) is 4.79 Å². The number of benzene rings is 1. The highest BCUT2D eigenvalue weighted by atomic mass is 35.5. The number of hydrogen-bond donors (Lipinski definition) is 0. The van der Waals surface area contributed by atoms with Crippen molar-refractivity contribution >= 4 is 30.5 Å². The number of hydrogen-bond acceptors (Lipinski definition) is 3. The summed E-state index contributed by atoms with van der Waals surface area (Å²) in [5, 5.41) is 0.126. The Morgan fingerprint density at radius 3 is 2.16 bits per heavy atom. The molecule has 0 amide bonds. The molecule has 0 N–H and O–H groups in total. The van der Waals surface area contributed by atoms with Crippen LogP contribution in [0.4, 0.5) is 4.39 Å². The second-order valence-corrected chi connectivity index (χ2v) is 6.01. The van der Waals surface area contributed by atoms with Crippen molar-refractivity contribution in [3.8, 4) is 0 Å². The number of rotatable bonds is 2. The van der Waals surface area contributed by atoms with Gasteiger partial charge in [0.05, 0.1) is 11.2 Å². The summed E-state index contributed by atoms with van der Waals surface area (Å²) in [6, 6.07) is 2.53. The molecule has 0 spiro atoms. The van der Waals surface area contributed by atoms with Crippen molar-refractivity contribution in [2.75, 3.05) is 0 Å². The lowest BCUT2D eigenvalue weighted by molar-refractivity contribution is 0.00578. The standard InChI is InChI=1S/C13H15BClFO3/c1-12(2)13(3,4)19-14(18-12)11-9(15)5-8(7-17)6-10(11)16/h5-7H,1-4H3. The lowest BCUT2D eigenvalue weighted by atomic mass is 9.78. The van der Waals surface area contributed by atoms with E-state index in [0.29, 0.717) is 6.29 Å². The van der Waals surface area contributed by atoms with E-state index in [9.17, 15) is 9.18 Å². The Morgan fingerprint density at radius 1 is 1.21 bits per heavy atom. The summed E-state index contributed by atoms with van der Waals surface area (Å²) in [6.45, 7) is 7.49. The van der Waals surface area contributed by atoms with E-state index in [1.165, 1.54) is 6.07 Å². The SMILES string of the molecule is CC1(C)OB(c2c(F)cc(C=O)cc2Cl)OC1(C)C. The molecule has 1 saturated heterocycles. The molecule has 3 nitrogen and oxygen atoms in total. The predicted molar refractivity (Wildman–Crippen MR) is 72.5 cm³/mol.